The Hall–Kier alpha value is -0.120. The highest BCUT2D eigenvalue weighted by molar-refractivity contribution is 4.97. The summed E-state index contributed by atoms with van der Waals surface area (Å²) in [6.45, 7) is 6.10. The van der Waals surface area contributed by atoms with Gasteiger partial charge in [0.1, 0.15) is 0 Å². The third kappa shape index (κ3) is 4.04. The fourth-order valence-electron chi connectivity index (χ4n) is 5.45. The molecule has 0 bridgehead atoms. The van der Waals surface area contributed by atoms with E-state index in [1.165, 1.54) is 25.7 Å². The molecule has 6 atom stereocenters. The predicted molar refractivity (Wildman–Crippen MR) is 89.8 cm³/mol. The highest BCUT2D eigenvalue weighted by atomic mass is 16.5. The molecule has 0 saturated heterocycles. The quantitative estimate of drug-likeness (QED) is 0.775. The molecule has 1 N–H and O–H groups in total. The zero-order chi connectivity index (χ0) is 16.2. The van der Waals surface area contributed by atoms with Crippen LogP contribution in [0.25, 0.3) is 0 Å². The predicted octanol–water partition coefficient (Wildman–Crippen LogP) is 3.89. The second-order valence-corrected chi connectivity index (χ2v) is 7.95. The monoisotopic (exact) mass is 312 g/mol. The summed E-state index contributed by atoms with van der Waals surface area (Å²) in [6, 6.07) is 0. The Bertz CT molecular complexity index is 333. The van der Waals surface area contributed by atoms with Crippen LogP contribution >= 0.6 is 0 Å². The first-order valence-electron chi connectivity index (χ1n) is 9.25. The van der Waals surface area contributed by atoms with Gasteiger partial charge in [-0.15, -0.1) is 0 Å². The molecule has 3 nitrogen and oxygen atoms in total. The molecule has 22 heavy (non-hydrogen) atoms. The molecule has 0 aromatic heterocycles. The number of aliphatic hydroxyl groups is 1. The maximum Gasteiger partial charge on any atom is 0.0882 e. The van der Waals surface area contributed by atoms with Crippen molar-refractivity contribution in [3.8, 4) is 0 Å². The molecule has 2 aliphatic rings. The second kappa shape index (κ2) is 8.12. The number of methoxy groups -OCH3 is 2. The van der Waals surface area contributed by atoms with Gasteiger partial charge in [0.2, 0.25) is 0 Å². The third-order valence-corrected chi connectivity index (χ3v) is 6.41. The van der Waals surface area contributed by atoms with Crippen molar-refractivity contribution in [2.45, 2.75) is 64.4 Å². The van der Waals surface area contributed by atoms with Crippen LogP contribution in [0.5, 0.6) is 0 Å². The van der Waals surface area contributed by atoms with Crippen LogP contribution in [0, 0.1) is 29.6 Å². The van der Waals surface area contributed by atoms with Crippen LogP contribution in [0.4, 0.5) is 0 Å². The van der Waals surface area contributed by atoms with Gasteiger partial charge in [-0.25, -0.2) is 0 Å². The van der Waals surface area contributed by atoms with Gasteiger partial charge in [-0.2, -0.15) is 0 Å². The molecule has 130 valence electrons. The Balaban J connectivity index is 2.07. The van der Waals surface area contributed by atoms with Crippen molar-refractivity contribution >= 4 is 0 Å². The average Bonchev–Trinajstić information content (AvgIpc) is 2.47. The normalized spacial score (nSPS) is 40.2. The molecule has 2 rings (SSSR count). The molecule has 0 aromatic carbocycles. The lowest BCUT2D eigenvalue weighted by Crippen LogP contribution is -2.49. The molecular weight excluding hydrogens is 276 g/mol. The Morgan fingerprint density at radius 1 is 1.18 bits per heavy atom. The molecule has 0 spiro atoms. The zero-order valence-electron chi connectivity index (χ0n) is 15.0. The molecule has 2 aliphatic carbocycles. The largest absolute Gasteiger partial charge is 0.387 e. The second-order valence-electron chi connectivity index (χ2n) is 7.95. The van der Waals surface area contributed by atoms with Gasteiger partial charge < -0.3 is 14.6 Å². The highest BCUT2D eigenvalue weighted by Gasteiger charge is 2.47. The summed E-state index contributed by atoms with van der Waals surface area (Å²) < 4.78 is 10.9. The van der Waals surface area contributed by atoms with Crippen molar-refractivity contribution in [3.05, 3.63) is 0 Å². The van der Waals surface area contributed by atoms with Crippen molar-refractivity contribution < 1.29 is 14.6 Å². The minimum atomic E-state index is -0.588. The first-order chi connectivity index (χ1) is 10.5. The number of rotatable bonds is 7. The maximum absolute atomic E-state index is 10.7. The summed E-state index contributed by atoms with van der Waals surface area (Å²) in [6.07, 6.45) is 8.12. The van der Waals surface area contributed by atoms with Gasteiger partial charge in [0.15, 0.2) is 0 Å². The summed E-state index contributed by atoms with van der Waals surface area (Å²) in [5.41, 5.74) is -0.588. The Kier molecular flexibility index (Phi) is 6.73. The summed E-state index contributed by atoms with van der Waals surface area (Å²) >= 11 is 0. The van der Waals surface area contributed by atoms with Crippen LogP contribution in [-0.2, 0) is 9.47 Å². The Morgan fingerprint density at radius 3 is 2.59 bits per heavy atom. The van der Waals surface area contributed by atoms with Crippen molar-refractivity contribution in [1.82, 2.24) is 0 Å². The molecule has 3 heteroatoms. The molecule has 0 aromatic rings. The van der Waals surface area contributed by atoms with Crippen molar-refractivity contribution in [2.24, 2.45) is 29.6 Å². The summed E-state index contributed by atoms with van der Waals surface area (Å²) in [7, 11) is 3.54. The van der Waals surface area contributed by atoms with Gasteiger partial charge in [0.05, 0.1) is 12.2 Å². The van der Waals surface area contributed by atoms with E-state index < -0.39 is 5.60 Å². The van der Waals surface area contributed by atoms with Crippen LogP contribution in [-0.4, -0.2) is 38.1 Å². The van der Waals surface area contributed by atoms with Crippen LogP contribution < -0.4 is 0 Å². The SMILES string of the molecule is CCC[C@H](C)C1CCC2C[C@@](O)(COC)CCC2[C@H]1COC. The number of fused-ring (bicyclic) bond motifs is 1. The van der Waals surface area contributed by atoms with Crippen LogP contribution in [0.1, 0.15) is 58.8 Å². The summed E-state index contributed by atoms with van der Waals surface area (Å²) in [5, 5.41) is 10.7. The minimum Gasteiger partial charge on any atom is -0.387 e. The molecular formula is C19H36O3. The van der Waals surface area contributed by atoms with Gasteiger partial charge in [-0.1, -0.05) is 26.7 Å². The fraction of sp³-hybridized carbons (Fsp3) is 1.00. The average molecular weight is 312 g/mol. The van der Waals surface area contributed by atoms with E-state index in [0.717, 1.165) is 43.6 Å². The maximum atomic E-state index is 10.7. The number of ether oxygens (including phenoxy) is 2. The van der Waals surface area contributed by atoms with Gasteiger partial charge in [-0.05, 0) is 61.7 Å². The Morgan fingerprint density at radius 2 is 1.95 bits per heavy atom. The van der Waals surface area contributed by atoms with Gasteiger partial charge in [0, 0.05) is 20.8 Å². The van der Waals surface area contributed by atoms with E-state index in [2.05, 4.69) is 13.8 Å². The first kappa shape index (κ1) is 18.2. The van der Waals surface area contributed by atoms with Crippen LogP contribution in [0.2, 0.25) is 0 Å². The molecule has 0 amide bonds. The van der Waals surface area contributed by atoms with Crippen LogP contribution in [0.15, 0.2) is 0 Å². The van der Waals surface area contributed by atoms with Crippen molar-refractivity contribution in [3.63, 3.8) is 0 Å². The van der Waals surface area contributed by atoms with Crippen molar-refractivity contribution in [1.29, 1.82) is 0 Å². The van der Waals surface area contributed by atoms with Gasteiger partial charge >= 0.3 is 0 Å². The van der Waals surface area contributed by atoms with Crippen molar-refractivity contribution in [2.75, 3.05) is 27.4 Å². The lowest BCUT2D eigenvalue weighted by molar-refractivity contribution is -0.114. The van der Waals surface area contributed by atoms with E-state index in [1.54, 1.807) is 7.11 Å². The lowest BCUT2D eigenvalue weighted by Gasteiger charge is -2.51. The molecule has 2 saturated carbocycles. The summed E-state index contributed by atoms with van der Waals surface area (Å²) in [4.78, 5) is 0. The minimum absolute atomic E-state index is 0.487. The Labute approximate surface area is 136 Å². The number of hydrogen-bond acceptors (Lipinski definition) is 3. The van der Waals surface area contributed by atoms with E-state index >= 15 is 0 Å². The van der Waals surface area contributed by atoms with E-state index in [4.69, 9.17) is 9.47 Å². The molecule has 0 aliphatic heterocycles. The number of hydrogen-bond donors (Lipinski definition) is 1. The lowest BCUT2D eigenvalue weighted by atomic mass is 9.57. The molecule has 3 unspecified atom stereocenters. The van der Waals surface area contributed by atoms with E-state index in [-0.39, 0.29) is 0 Å². The standard InChI is InChI=1S/C19H36O3/c1-5-6-14(2)16-8-7-15-11-19(20,13-22-4)10-9-17(15)18(16)12-21-3/h14-18,20H,5-13H2,1-4H3/t14-,15?,16?,17?,18-,19+/m0/s1. The third-order valence-electron chi connectivity index (χ3n) is 6.41. The zero-order valence-corrected chi connectivity index (χ0v) is 15.0. The molecule has 0 radical (unpaired) electrons. The van der Waals surface area contributed by atoms with Gasteiger partial charge in [0.25, 0.3) is 0 Å². The van der Waals surface area contributed by atoms with Gasteiger partial charge in [-0.3, -0.25) is 0 Å². The summed E-state index contributed by atoms with van der Waals surface area (Å²) in [5.74, 6) is 3.66. The molecule has 0 heterocycles. The van der Waals surface area contributed by atoms with Crippen LogP contribution in [0.3, 0.4) is 0 Å². The first-order valence-corrected chi connectivity index (χ1v) is 9.25. The van der Waals surface area contributed by atoms with E-state index in [0.29, 0.717) is 18.4 Å². The van der Waals surface area contributed by atoms with E-state index in [9.17, 15) is 5.11 Å². The highest BCUT2D eigenvalue weighted by Crippen LogP contribution is 2.51. The molecule has 2 fully saturated rings. The van der Waals surface area contributed by atoms with E-state index in [1.807, 2.05) is 7.11 Å². The topological polar surface area (TPSA) is 38.7 Å². The smallest absolute Gasteiger partial charge is 0.0882 e. The fourth-order valence-corrected chi connectivity index (χ4v) is 5.45.